The van der Waals surface area contributed by atoms with Gasteiger partial charge in [-0.1, -0.05) is 0 Å². The number of halogens is 4. The fraction of sp³-hybridized carbons (Fsp3) is 0.480. The lowest BCUT2D eigenvalue weighted by Crippen LogP contribution is -2.43. The Morgan fingerprint density at radius 2 is 1.97 bits per heavy atom. The number of anilines is 1. The van der Waals surface area contributed by atoms with Gasteiger partial charge in [0.05, 0.1) is 23.4 Å². The second kappa shape index (κ2) is 9.46. The fourth-order valence-electron chi connectivity index (χ4n) is 5.21. The number of amides is 1. The van der Waals surface area contributed by atoms with Gasteiger partial charge in [0, 0.05) is 44.6 Å². The molecule has 1 unspecified atom stereocenters. The Bertz CT molecular complexity index is 1140. The summed E-state index contributed by atoms with van der Waals surface area (Å²) in [6, 6.07) is 6.32. The third-order valence-corrected chi connectivity index (χ3v) is 7.16. The van der Waals surface area contributed by atoms with Crippen LogP contribution in [0.4, 0.5) is 23.2 Å². The number of benzene rings is 1. The first kappa shape index (κ1) is 24.9. The average Bonchev–Trinajstić information content (AvgIpc) is 3.19. The predicted octanol–water partition coefficient (Wildman–Crippen LogP) is 4.06. The van der Waals surface area contributed by atoms with Crippen LogP contribution in [0, 0.1) is 22.6 Å². The summed E-state index contributed by atoms with van der Waals surface area (Å²) >= 11 is 0. The van der Waals surface area contributed by atoms with Crippen LogP contribution in [0.15, 0.2) is 36.7 Å². The van der Waals surface area contributed by atoms with E-state index in [9.17, 15) is 22.4 Å². The van der Waals surface area contributed by atoms with E-state index in [2.05, 4.69) is 9.88 Å². The van der Waals surface area contributed by atoms with Crippen molar-refractivity contribution in [3.05, 3.63) is 59.2 Å². The second-order valence-corrected chi connectivity index (χ2v) is 9.66. The summed E-state index contributed by atoms with van der Waals surface area (Å²) in [4.78, 5) is 22.2. The number of carbonyl (C=O) groups excluding carboxylic acids is 1. The molecule has 2 aromatic rings. The van der Waals surface area contributed by atoms with Gasteiger partial charge in [-0.3, -0.25) is 14.7 Å². The zero-order chi connectivity index (χ0) is 25.4. The van der Waals surface area contributed by atoms with Gasteiger partial charge in [-0.25, -0.2) is 4.39 Å². The number of hydrogen-bond acceptors (Lipinski definition) is 5. The summed E-state index contributed by atoms with van der Waals surface area (Å²) in [6.07, 6.45) is 0.102. The number of nitriles is 1. The van der Waals surface area contributed by atoms with E-state index in [0.29, 0.717) is 38.2 Å². The summed E-state index contributed by atoms with van der Waals surface area (Å²) in [7, 11) is 3.27. The number of aromatic nitrogens is 1. The minimum atomic E-state index is -4.67. The molecule has 0 saturated carbocycles. The van der Waals surface area contributed by atoms with Crippen molar-refractivity contribution in [2.24, 2.45) is 5.41 Å². The van der Waals surface area contributed by atoms with Crippen LogP contribution in [0.3, 0.4) is 0 Å². The molecule has 2 aliphatic heterocycles. The van der Waals surface area contributed by atoms with Gasteiger partial charge < -0.3 is 9.80 Å². The van der Waals surface area contributed by atoms with E-state index >= 15 is 0 Å². The zero-order valence-corrected chi connectivity index (χ0v) is 19.6. The van der Waals surface area contributed by atoms with Crippen molar-refractivity contribution in [1.82, 2.24) is 14.8 Å². The van der Waals surface area contributed by atoms with Crippen LogP contribution in [0.25, 0.3) is 0 Å². The van der Waals surface area contributed by atoms with Crippen LogP contribution in [0.5, 0.6) is 0 Å². The molecule has 1 aromatic heterocycles. The molecule has 1 aromatic carbocycles. The van der Waals surface area contributed by atoms with Crippen LogP contribution in [0.1, 0.15) is 36.0 Å². The third kappa shape index (κ3) is 5.10. The topological polar surface area (TPSA) is 63.5 Å². The minimum Gasteiger partial charge on any atom is -0.359 e. The number of alkyl halides is 3. The molecule has 2 saturated heterocycles. The van der Waals surface area contributed by atoms with Crippen molar-refractivity contribution >= 4 is 11.6 Å². The summed E-state index contributed by atoms with van der Waals surface area (Å²) in [5, 5.41) is 9.14. The highest BCUT2D eigenvalue weighted by atomic mass is 19.4. The highest BCUT2D eigenvalue weighted by Gasteiger charge is 2.49. The van der Waals surface area contributed by atoms with E-state index in [0.717, 1.165) is 18.9 Å². The predicted molar refractivity (Wildman–Crippen MR) is 122 cm³/mol. The Balaban J connectivity index is 1.57. The smallest absolute Gasteiger partial charge is 0.359 e. The van der Waals surface area contributed by atoms with Crippen molar-refractivity contribution in [2.45, 2.75) is 38.0 Å². The maximum absolute atomic E-state index is 14.0. The van der Waals surface area contributed by atoms with E-state index < -0.39 is 23.3 Å². The minimum absolute atomic E-state index is 0.166. The van der Waals surface area contributed by atoms with Gasteiger partial charge in [-0.15, -0.1) is 0 Å². The van der Waals surface area contributed by atoms with Gasteiger partial charge in [0.1, 0.15) is 11.9 Å². The third-order valence-electron chi connectivity index (χ3n) is 7.16. The molecule has 35 heavy (non-hydrogen) atoms. The normalized spacial score (nSPS) is 20.1. The van der Waals surface area contributed by atoms with Crippen molar-refractivity contribution < 1.29 is 22.4 Å². The maximum Gasteiger partial charge on any atom is 0.417 e. The monoisotopic (exact) mass is 489 g/mol. The lowest BCUT2D eigenvalue weighted by molar-refractivity contribution is -0.137. The number of rotatable bonds is 4. The second-order valence-electron chi connectivity index (χ2n) is 9.66. The Morgan fingerprint density at radius 3 is 2.57 bits per heavy atom. The van der Waals surface area contributed by atoms with Crippen molar-refractivity contribution in [1.29, 1.82) is 5.26 Å². The lowest BCUT2D eigenvalue weighted by Gasteiger charge is -2.39. The number of carbonyl (C=O) groups is 1. The quantitative estimate of drug-likeness (QED) is 0.607. The van der Waals surface area contributed by atoms with Crippen LogP contribution >= 0.6 is 0 Å². The maximum atomic E-state index is 14.0. The molecule has 0 radical (unpaired) electrons. The van der Waals surface area contributed by atoms with Crippen molar-refractivity contribution in [2.75, 3.05) is 38.6 Å². The van der Waals surface area contributed by atoms with E-state index in [1.54, 1.807) is 37.3 Å². The molecule has 2 fully saturated rings. The Labute approximate surface area is 201 Å². The van der Waals surface area contributed by atoms with E-state index in [-0.39, 0.29) is 22.8 Å². The summed E-state index contributed by atoms with van der Waals surface area (Å²) in [6.45, 7) is 2.29. The number of likely N-dealkylation sites (tertiary alicyclic amines) is 1. The van der Waals surface area contributed by atoms with Crippen LogP contribution in [0.2, 0.25) is 0 Å². The SMILES string of the molecule is CN(C)C(=O)C1CC2(CCN(Cc3ccncc3F)CC2)CN1c1ccc(C#N)c(C(F)(F)F)c1. The lowest BCUT2D eigenvalue weighted by atomic mass is 9.76. The molecule has 3 heterocycles. The van der Waals surface area contributed by atoms with Gasteiger partial charge in [0.2, 0.25) is 5.91 Å². The molecule has 4 rings (SSSR count). The number of hydrogen-bond donors (Lipinski definition) is 0. The van der Waals surface area contributed by atoms with Gasteiger partial charge in [0.15, 0.2) is 0 Å². The molecular weight excluding hydrogens is 462 g/mol. The largest absolute Gasteiger partial charge is 0.417 e. The highest BCUT2D eigenvalue weighted by Crippen LogP contribution is 2.46. The molecule has 0 aliphatic carbocycles. The first-order chi connectivity index (χ1) is 16.5. The average molecular weight is 490 g/mol. The first-order valence-corrected chi connectivity index (χ1v) is 11.4. The summed E-state index contributed by atoms with van der Waals surface area (Å²) in [5.41, 5.74) is -0.821. The molecule has 6 nitrogen and oxygen atoms in total. The summed E-state index contributed by atoms with van der Waals surface area (Å²) in [5.74, 6) is -0.515. The molecule has 10 heteroatoms. The first-order valence-electron chi connectivity index (χ1n) is 11.4. The molecule has 186 valence electrons. The van der Waals surface area contributed by atoms with Gasteiger partial charge in [-0.2, -0.15) is 18.4 Å². The zero-order valence-electron chi connectivity index (χ0n) is 19.6. The highest BCUT2D eigenvalue weighted by molar-refractivity contribution is 5.86. The molecule has 1 spiro atoms. The molecule has 2 aliphatic rings. The number of nitrogens with zero attached hydrogens (tertiary/aromatic N) is 5. The number of pyridine rings is 1. The number of piperidine rings is 1. The van der Waals surface area contributed by atoms with Crippen molar-refractivity contribution in [3.63, 3.8) is 0 Å². The molecule has 1 atom stereocenters. The molecule has 1 amide bonds. The van der Waals surface area contributed by atoms with E-state index in [1.165, 1.54) is 23.2 Å². The van der Waals surface area contributed by atoms with E-state index in [4.69, 9.17) is 5.26 Å². The van der Waals surface area contributed by atoms with Gasteiger partial charge in [0.25, 0.3) is 0 Å². The van der Waals surface area contributed by atoms with Crippen LogP contribution in [-0.2, 0) is 17.5 Å². The Hall–Kier alpha value is -3.19. The summed E-state index contributed by atoms with van der Waals surface area (Å²) < 4.78 is 54.8. The van der Waals surface area contributed by atoms with Crippen LogP contribution in [-0.4, -0.2) is 60.5 Å². The van der Waals surface area contributed by atoms with Gasteiger partial charge >= 0.3 is 6.18 Å². The molecule has 0 bridgehead atoms. The Kier molecular flexibility index (Phi) is 6.73. The molecular formula is C25H27F4N5O. The fourth-order valence-corrected chi connectivity index (χ4v) is 5.21. The Morgan fingerprint density at radius 1 is 1.26 bits per heavy atom. The molecule has 0 N–H and O–H groups in total. The number of likely N-dealkylation sites (N-methyl/N-ethyl adjacent to an activating group) is 1. The standard InChI is InChI=1S/C25H27F4N5O/c1-32(2)23(35)22-12-24(6-9-33(10-7-24)15-18-5-8-31-14-21(18)26)16-34(22)19-4-3-17(13-30)20(11-19)25(27,28)29/h3-5,8,11,14,22H,6-7,9-10,12,15-16H2,1-2H3. The van der Waals surface area contributed by atoms with Crippen LogP contribution < -0.4 is 4.90 Å². The van der Waals surface area contributed by atoms with E-state index in [1.807, 2.05) is 0 Å². The van der Waals surface area contributed by atoms with Crippen molar-refractivity contribution in [3.8, 4) is 6.07 Å². The van der Waals surface area contributed by atoms with Gasteiger partial charge in [-0.05, 0) is 62.0 Å².